The standard InChI is InChI=1S/C45H85O8P/c1-3-5-7-9-11-13-15-17-19-20-21-22-23-24-26-28-30-32-34-36-38-40-45(47)53-43(42-52-54(48,49)50)41-51-44(46)39-37-35-33-31-29-27-25-18-16-14-12-10-8-6-4-2/h18,25,29,31,43H,3-17,19-24,26-28,30,32-42H2,1-2H3,(H2,48,49,50)/b25-18+,31-29+/t43-/m1/s1. The summed E-state index contributed by atoms with van der Waals surface area (Å²) in [4.78, 5) is 42.9. The second-order valence-electron chi connectivity index (χ2n) is 15.4. The van der Waals surface area contributed by atoms with Crippen LogP contribution >= 0.6 is 7.82 Å². The first-order valence-electron chi connectivity index (χ1n) is 22.6. The molecule has 0 saturated heterocycles. The second kappa shape index (κ2) is 41.2. The smallest absolute Gasteiger partial charge is 0.462 e. The average Bonchev–Trinajstić information content (AvgIpc) is 3.14. The number of hydrogen-bond donors (Lipinski definition) is 2. The fourth-order valence-electron chi connectivity index (χ4n) is 6.58. The highest BCUT2D eigenvalue weighted by Crippen LogP contribution is 2.36. The van der Waals surface area contributed by atoms with Crippen molar-refractivity contribution in [2.24, 2.45) is 0 Å². The average molecular weight is 785 g/mol. The van der Waals surface area contributed by atoms with Crippen LogP contribution in [0.15, 0.2) is 24.3 Å². The van der Waals surface area contributed by atoms with Gasteiger partial charge in [0.25, 0.3) is 0 Å². The Hall–Kier alpha value is -1.47. The first-order chi connectivity index (χ1) is 26.3. The van der Waals surface area contributed by atoms with Crippen LogP contribution in [0.4, 0.5) is 0 Å². The number of esters is 2. The van der Waals surface area contributed by atoms with Crippen LogP contribution in [0.1, 0.15) is 232 Å². The Balaban J connectivity index is 3.87. The predicted molar refractivity (Wildman–Crippen MR) is 225 cm³/mol. The number of unbranched alkanes of at least 4 members (excludes halogenated alkanes) is 28. The number of phosphoric ester groups is 1. The van der Waals surface area contributed by atoms with Crippen LogP contribution in [0.2, 0.25) is 0 Å². The summed E-state index contributed by atoms with van der Waals surface area (Å²) in [5, 5.41) is 0. The lowest BCUT2D eigenvalue weighted by molar-refractivity contribution is -0.161. The largest absolute Gasteiger partial charge is 0.469 e. The Morgan fingerprint density at radius 3 is 1.26 bits per heavy atom. The lowest BCUT2D eigenvalue weighted by Crippen LogP contribution is -2.29. The van der Waals surface area contributed by atoms with E-state index in [9.17, 15) is 14.2 Å². The Kier molecular flexibility index (Phi) is 40.1. The van der Waals surface area contributed by atoms with Gasteiger partial charge in [-0.1, -0.05) is 199 Å². The van der Waals surface area contributed by atoms with Crippen molar-refractivity contribution in [1.82, 2.24) is 0 Å². The molecule has 8 nitrogen and oxygen atoms in total. The summed E-state index contributed by atoms with van der Waals surface area (Å²) in [5.41, 5.74) is 0. The summed E-state index contributed by atoms with van der Waals surface area (Å²) < 4.78 is 26.4. The van der Waals surface area contributed by atoms with E-state index in [1.807, 2.05) is 0 Å². The number of carbonyl (C=O) groups excluding carboxylic acids is 2. The lowest BCUT2D eigenvalue weighted by Gasteiger charge is -2.18. The zero-order valence-electron chi connectivity index (χ0n) is 35.1. The maximum atomic E-state index is 12.4. The van der Waals surface area contributed by atoms with E-state index in [0.717, 1.165) is 44.9 Å². The third-order valence-corrected chi connectivity index (χ3v) is 10.5. The molecule has 0 aromatic heterocycles. The second-order valence-corrected chi connectivity index (χ2v) is 16.6. The van der Waals surface area contributed by atoms with Gasteiger partial charge in [-0.05, 0) is 44.9 Å². The van der Waals surface area contributed by atoms with Crippen LogP contribution in [0.25, 0.3) is 0 Å². The minimum absolute atomic E-state index is 0.210. The summed E-state index contributed by atoms with van der Waals surface area (Å²) in [6, 6.07) is 0. The molecule has 1 atom stereocenters. The zero-order chi connectivity index (χ0) is 39.6. The van der Waals surface area contributed by atoms with E-state index in [1.165, 1.54) is 148 Å². The number of allylic oxidation sites excluding steroid dienone is 4. The molecule has 0 aliphatic rings. The lowest BCUT2D eigenvalue weighted by atomic mass is 10.0. The monoisotopic (exact) mass is 785 g/mol. The Labute approximate surface area is 332 Å². The van der Waals surface area contributed by atoms with Crippen LogP contribution in [-0.4, -0.2) is 41.0 Å². The van der Waals surface area contributed by atoms with E-state index < -0.39 is 32.5 Å². The first-order valence-corrected chi connectivity index (χ1v) is 24.2. The molecule has 0 aromatic carbocycles. The molecule has 54 heavy (non-hydrogen) atoms. The molecule has 0 amide bonds. The molecule has 0 aliphatic heterocycles. The highest BCUT2D eigenvalue weighted by atomic mass is 31.2. The summed E-state index contributed by atoms with van der Waals surface area (Å²) in [6.45, 7) is 3.68. The van der Waals surface area contributed by atoms with E-state index >= 15 is 0 Å². The van der Waals surface area contributed by atoms with Gasteiger partial charge in [-0.3, -0.25) is 14.1 Å². The highest BCUT2D eigenvalue weighted by molar-refractivity contribution is 7.46. The van der Waals surface area contributed by atoms with Gasteiger partial charge >= 0.3 is 19.8 Å². The van der Waals surface area contributed by atoms with E-state index in [1.54, 1.807) is 0 Å². The van der Waals surface area contributed by atoms with Crippen molar-refractivity contribution in [2.75, 3.05) is 13.2 Å². The molecule has 0 fully saturated rings. The fourth-order valence-corrected chi connectivity index (χ4v) is 6.94. The van der Waals surface area contributed by atoms with E-state index in [-0.39, 0.29) is 19.4 Å². The van der Waals surface area contributed by atoms with Crippen LogP contribution < -0.4 is 0 Å². The predicted octanol–water partition coefficient (Wildman–Crippen LogP) is 14.0. The van der Waals surface area contributed by atoms with Crippen molar-refractivity contribution >= 4 is 19.8 Å². The van der Waals surface area contributed by atoms with Gasteiger partial charge < -0.3 is 19.3 Å². The maximum absolute atomic E-state index is 12.4. The number of hydrogen-bond acceptors (Lipinski definition) is 6. The fraction of sp³-hybridized carbons (Fsp3) is 0.867. The highest BCUT2D eigenvalue weighted by Gasteiger charge is 2.22. The van der Waals surface area contributed by atoms with Crippen LogP contribution in [0, 0.1) is 0 Å². The van der Waals surface area contributed by atoms with Crippen molar-refractivity contribution < 1.29 is 37.9 Å². The molecule has 0 unspecified atom stereocenters. The van der Waals surface area contributed by atoms with Gasteiger partial charge in [0.2, 0.25) is 0 Å². The van der Waals surface area contributed by atoms with Crippen molar-refractivity contribution in [3.63, 3.8) is 0 Å². The quantitative estimate of drug-likeness (QED) is 0.0272. The van der Waals surface area contributed by atoms with Gasteiger partial charge in [0.1, 0.15) is 6.61 Å². The van der Waals surface area contributed by atoms with Gasteiger partial charge in [0.05, 0.1) is 6.61 Å². The van der Waals surface area contributed by atoms with Crippen LogP contribution in [0.3, 0.4) is 0 Å². The Morgan fingerprint density at radius 1 is 0.481 bits per heavy atom. The Bertz CT molecular complexity index is 931. The molecule has 0 bridgehead atoms. The molecule has 2 N–H and O–H groups in total. The number of rotatable bonds is 42. The summed E-state index contributed by atoms with van der Waals surface area (Å²) in [5.74, 6) is -0.912. The normalized spacial score (nSPS) is 12.6. The van der Waals surface area contributed by atoms with Gasteiger partial charge in [0.15, 0.2) is 6.10 Å². The zero-order valence-corrected chi connectivity index (χ0v) is 36.0. The van der Waals surface area contributed by atoms with Gasteiger partial charge in [0, 0.05) is 12.8 Å². The molecule has 0 heterocycles. The molecule has 0 saturated carbocycles. The van der Waals surface area contributed by atoms with Crippen LogP contribution in [0.5, 0.6) is 0 Å². The van der Waals surface area contributed by atoms with E-state index in [0.29, 0.717) is 12.8 Å². The number of phosphoric acid groups is 1. The molecular weight excluding hydrogens is 699 g/mol. The van der Waals surface area contributed by atoms with Crippen LogP contribution in [-0.2, 0) is 28.2 Å². The molecule has 0 aromatic rings. The summed E-state index contributed by atoms with van der Waals surface area (Å²) >= 11 is 0. The van der Waals surface area contributed by atoms with Crippen molar-refractivity contribution in [3.05, 3.63) is 24.3 Å². The maximum Gasteiger partial charge on any atom is 0.469 e. The van der Waals surface area contributed by atoms with Gasteiger partial charge in [-0.15, -0.1) is 0 Å². The first kappa shape index (κ1) is 52.5. The van der Waals surface area contributed by atoms with Gasteiger partial charge in [-0.25, -0.2) is 4.57 Å². The third kappa shape index (κ3) is 43.3. The molecule has 318 valence electrons. The molecule has 0 aliphatic carbocycles. The van der Waals surface area contributed by atoms with Crippen molar-refractivity contribution in [3.8, 4) is 0 Å². The molecule has 9 heteroatoms. The molecular formula is C45H85O8P. The summed E-state index contributed by atoms with van der Waals surface area (Å²) in [6.07, 6.45) is 47.7. The molecule has 0 spiro atoms. The topological polar surface area (TPSA) is 119 Å². The summed E-state index contributed by atoms with van der Waals surface area (Å²) in [7, 11) is -4.76. The van der Waals surface area contributed by atoms with E-state index in [4.69, 9.17) is 19.3 Å². The Morgan fingerprint density at radius 2 is 0.833 bits per heavy atom. The number of carbonyl (C=O) groups is 2. The van der Waals surface area contributed by atoms with Gasteiger partial charge in [-0.2, -0.15) is 0 Å². The minimum atomic E-state index is -4.76. The SMILES string of the molecule is CCCCCCCC/C=C/C/C=C/CCCCC(=O)OC[C@H](COP(=O)(O)O)OC(=O)CCCCCCCCCCCCCCCCCCCCCCC. The van der Waals surface area contributed by atoms with Crippen molar-refractivity contribution in [1.29, 1.82) is 0 Å². The minimum Gasteiger partial charge on any atom is -0.462 e. The third-order valence-electron chi connectivity index (χ3n) is 9.97. The molecule has 0 radical (unpaired) electrons. The molecule has 0 rings (SSSR count). The number of ether oxygens (including phenoxy) is 2. The van der Waals surface area contributed by atoms with Crippen molar-refractivity contribution in [2.45, 2.75) is 238 Å². The van der Waals surface area contributed by atoms with E-state index in [2.05, 4.69) is 42.7 Å².